The van der Waals surface area contributed by atoms with Crippen molar-refractivity contribution in [3.05, 3.63) is 65.2 Å². The number of aliphatic hydroxyl groups is 1. The average molecular weight is 260 g/mol. The predicted molar refractivity (Wildman–Crippen MR) is 72.0 cm³/mol. The fourth-order valence-corrected chi connectivity index (χ4v) is 1.83. The highest BCUT2D eigenvalue weighted by Gasteiger charge is 2.08. The molecule has 0 amide bonds. The third kappa shape index (κ3) is 3.84. The van der Waals surface area contributed by atoms with Gasteiger partial charge in [-0.25, -0.2) is 4.39 Å². The standard InChI is InChI=1S/C15H17FN2O/c1-11-8-12(5-6-14(11)16)15(19)10-17-9-13-4-2-3-7-18-13/h2-8,15,17,19H,9-10H2,1H3. The Hall–Kier alpha value is -1.78. The molecule has 1 unspecified atom stereocenters. The Kier molecular flexibility index (Phi) is 4.60. The van der Waals surface area contributed by atoms with E-state index in [4.69, 9.17) is 0 Å². The second-order valence-corrected chi connectivity index (χ2v) is 4.48. The van der Waals surface area contributed by atoms with Gasteiger partial charge >= 0.3 is 0 Å². The second-order valence-electron chi connectivity index (χ2n) is 4.48. The molecule has 100 valence electrons. The van der Waals surface area contributed by atoms with Crippen LogP contribution in [0.5, 0.6) is 0 Å². The normalized spacial score (nSPS) is 12.4. The summed E-state index contributed by atoms with van der Waals surface area (Å²) in [5, 5.41) is 13.1. The summed E-state index contributed by atoms with van der Waals surface area (Å²) < 4.78 is 13.1. The summed E-state index contributed by atoms with van der Waals surface area (Å²) >= 11 is 0. The lowest BCUT2D eigenvalue weighted by molar-refractivity contribution is 0.174. The molecule has 0 spiro atoms. The second kappa shape index (κ2) is 6.41. The molecule has 0 bridgehead atoms. The molecule has 1 aromatic carbocycles. The number of aryl methyl sites for hydroxylation is 1. The van der Waals surface area contributed by atoms with Crippen molar-refractivity contribution in [2.75, 3.05) is 6.54 Å². The maximum atomic E-state index is 13.1. The Labute approximate surface area is 112 Å². The van der Waals surface area contributed by atoms with Gasteiger partial charge in [-0.3, -0.25) is 4.98 Å². The van der Waals surface area contributed by atoms with Crippen LogP contribution in [0.3, 0.4) is 0 Å². The van der Waals surface area contributed by atoms with Crippen molar-refractivity contribution >= 4 is 0 Å². The quantitative estimate of drug-likeness (QED) is 0.867. The van der Waals surface area contributed by atoms with Crippen LogP contribution in [0.1, 0.15) is 22.9 Å². The van der Waals surface area contributed by atoms with E-state index in [-0.39, 0.29) is 5.82 Å². The van der Waals surface area contributed by atoms with E-state index in [1.165, 1.54) is 6.07 Å². The number of benzene rings is 1. The van der Waals surface area contributed by atoms with E-state index in [0.717, 1.165) is 5.69 Å². The monoisotopic (exact) mass is 260 g/mol. The van der Waals surface area contributed by atoms with Crippen molar-refractivity contribution in [2.45, 2.75) is 19.6 Å². The van der Waals surface area contributed by atoms with E-state index >= 15 is 0 Å². The van der Waals surface area contributed by atoms with Crippen LogP contribution >= 0.6 is 0 Å². The molecule has 0 aliphatic rings. The Morgan fingerprint density at radius 3 is 2.84 bits per heavy atom. The number of nitrogens with one attached hydrogen (secondary N) is 1. The molecule has 0 aliphatic carbocycles. The zero-order valence-corrected chi connectivity index (χ0v) is 10.8. The molecular formula is C15H17FN2O. The molecule has 4 heteroatoms. The summed E-state index contributed by atoms with van der Waals surface area (Å²) in [6.07, 6.45) is 1.08. The Morgan fingerprint density at radius 1 is 1.32 bits per heavy atom. The summed E-state index contributed by atoms with van der Waals surface area (Å²) in [6, 6.07) is 10.4. The first-order valence-corrected chi connectivity index (χ1v) is 6.21. The first-order chi connectivity index (χ1) is 9.16. The Morgan fingerprint density at radius 2 is 2.16 bits per heavy atom. The highest BCUT2D eigenvalue weighted by Crippen LogP contribution is 2.16. The fraction of sp³-hybridized carbons (Fsp3) is 0.267. The van der Waals surface area contributed by atoms with Crippen molar-refractivity contribution in [1.82, 2.24) is 10.3 Å². The molecule has 2 aromatic rings. The molecule has 1 atom stereocenters. The van der Waals surface area contributed by atoms with Crippen LogP contribution in [0.25, 0.3) is 0 Å². The summed E-state index contributed by atoms with van der Waals surface area (Å²) in [5.74, 6) is -0.252. The first kappa shape index (κ1) is 13.6. The molecule has 0 radical (unpaired) electrons. The molecular weight excluding hydrogens is 243 g/mol. The van der Waals surface area contributed by atoms with Crippen molar-refractivity contribution in [3.8, 4) is 0 Å². The topological polar surface area (TPSA) is 45.1 Å². The zero-order valence-electron chi connectivity index (χ0n) is 10.8. The molecule has 0 saturated heterocycles. The van der Waals surface area contributed by atoms with Gasteiger partial charge in [-0.2, -0.15) is 0 Å². The van der Waals surface area contributed by atoms with Crippen molar-refractivity contribution < 1.29 is 9.50 Å². The van der Waals surface area contributed by atoms with Gasteiger partial charge in [0.1, 0.15) is 5.82 Å². The Bertz CT molecular complexity index is 531. The van der Waals surface area contributed by atoms with E-state index in [2.05, 4.69) is 10.3 Å². The van der Waals surface area contributed by atoms with Gasteiger partial charge in [0.25, 0.3) is 0 Å². The van der Waals surface area contributed by atoms with Gasteiger partial charge in [-0.1, -0.05) is 18.2 Å². The van der Waals surface area contributed by atoms with Gasteiger partial charge in [0, 0.05) is 19.3 Å². The smallest absolute Gasteiger partial charge is 0.126 e. The molecule has 2 N–H and O–H groups in total. The highest BCUT2D eigenvalue weighted by molar-refractivity contribution is 5.25. The number of hydrogen-bond acceptors (Lipinski definition) is 3. The van der Waals surface area contributed by atoms with Gasteiger partial charge in [-0.15, -0.1) is 0 Å². The van der Waals surface area contributed by atoms with E-state index in [1.54, 1.807) is 25.3 Å². The molecule has 0 saturated carbocycles. The van der Waals surface area contributed by atoms with E-state index < -0.39 is 6.10 Å². The summed E-state index contributed by atoms with van der Waals surface area (Å²) in [5.41, 5.74) is 2.18. The van der Waals surface area contributed by atoms with Crippen LogP contribution < -0.4 is 5.32 Å². The maximum Gasteiger partial charge on any atom is 0.126 e. The number of hydrogen-bond donors (Lipinski definition) is 2. The van der Waals surface area contributed by atoms with Gasteiger partial charge in [0.15, 0.2) is 0 Å². The molecule has 1 heterocycles. The maximum absolute atomic E-state index is 13.1. The van der Waals surface area contributed by atoms with Gasteiger partial charge in [-0.05, 0) is 36.2 Å². The molecule has 2 rings (SSSR count). The number of aliphatic hydroxyl groups excluding tert-OH is 1. The minimum atomic E-state index is -0.650. The molecule has 19 heavy (non-hydrogen) atoms. The summed E-state index contributed by atoms with van der Waals surface area (Å²) in [7, 11) is 0. The number of nitrogens with zero attached hydrogens (tertiary/aromatic N) is 1. The van der Waals surface area contributed by atoms with Gasteiger partial charge < -0.3 is 10.4 Å². The molecule has 3 nitrogen and oxygen atoms in total. The molecule has 1 aromatic heterocycles. The Balaban J connectivity index is 1.87. The third-order valence-corrected chi connectivity index (χ3v) is 2.94. The predicted octanol–water partition coefficient (Wildman–Crippen LogP) is 2.35. The number of halogens is 1. The lowest BCUT2D eigenvalue weighted by atomic mass is 10.1. The number of pyridine rings is 1. The van der Waals surface area contributed by atoms with Crippen molar-refractivity contribution in [2.24, 2.45) is 0 Å². The van der Waals surface area contributed by atoms with Gasteiger partial charge in [0.2, 0.25) is 0 Å². The third-order valence-electron chi connectivity index (χ3n) is 2.94. The van der Waals surface area contributed by atoms with E-state index in [9.17, 15) is 9.50 Å². The van der Waals surface area contributed by atoms with Crippen LogP contribution in [-0.4, -0.2) is 16.6 Å². The minimum absolute atomic E-state index is 0.252. The van der Waals surface area contributed by atoms with Crippen LogP contribution in [-0.2, 0) is 6.54 Å². The SMILES string of the molecule is Cc1cc(C(O)CNCc2ccccn2)ccc1F. The molecule has 0 aliphatic heterocycles. The largest absolute Gasteiger partial charge is 0.387 e. The van der Waals surface area contributed by atoms with Crippen LogP contribution in [0.4, 0.5) is 4.39 Å². The first-order valence-electron chi connectivity index (χ1n) is 6.21. The summed E-state index contributed by atoms with van der Waals surface area (Å²) in [6.45, 7) is 2.69. The molecule has 0 fully saturated rings. The van der Waals surface area contributed by atoms with Crippen molar-refractivity contribution in [3.63, 3.8) is 0 Å². The van der Waals surface area contributed by atoms with E-state index in [1.807, 2.05) is 18.2 Å². The minimum Gasteiger partial charge on any atom is -0.387 e. The van der Waals surface area contributed by atoms with Crippen molar-refractivity contribution in [1.29, 1.82) is 0 Å². The lowest BCUT2D eigenvalue weighted by Gasteiger charge is -2.13. The van der Waals surface area contributed by atoms with Crippen LogP contribution in [0.15, 0.2) is 42.6 Å². The van der Waals surface area contributed by atoms with Crippen LogP contribution in [0.2, 0.25) is 0 Å². The van der Waals surface area contributed by atoms with Gasteiger partial charge in [0.05, 0.1) is 11.8 Å². The fourth-order valence-electron chi connectivity index (χ4n) is 1.83. The number of rotatable bonds is 5. The highest BCUT2D eigenvalue weighted by atomic mass is 19.1. The number of aromatic nitrogens is 1. The lowest BCUT2D eigenvalue weighted by Crippen LogP contribution is -2.21. The summed E-state index contributed by atoms with van der Waals surface area (Å²) in [4.78, 5) is 4.18. The average Bonchev–Trinajstić information content (AvgIpc) is 2.43. The van der Waals surface area contributed by atoms with Crippen LogP contribution in [0, 0.1) is 12.7 Å². The zero-order chi connectivity index (χ0) is 13.7. The van der Waals surface area contributed by atoms with E-state index in [0.29, 0.717) is 24.2 Å².